The van der Waals surface area contributed by atoms with Gasteiger partial charge in [-0.1, -0.05) is 17.7 Å². The number of aryl methyl sites for hydroxylation is 3. The molecule has 2 N–H and O–H groups in total. The van der Waals surface area contributed by atoms with Gasteiger partial charge in [-0.05, 0) is 56.7 Å². The van der Waals surface area contributed by atoms with Gasteiger partial charge in [-0.2, -0.15) is 0 Å². The van der Waals surface area contributed by atoms with Crippen molar-refractivity contribution in [2.24, 2.45) is 4.99 Å². The molecular weight excluding hydrogens is 401 g/mol. The number of nitrogens with zero attached hydrogens (tertiary/aromatic N) is 1. The molecule has 1 aliphatic heterocycles. The minimum absolute atomic E-state index is 0. The van der Waals surface area contributed by atoms with Gasteiger partial charge in [0.2, 0.25) is 0 Å². The average molecular weight is 431 g/mol. The lowest BCUT2D eigenvalue weighted by atomic mass is 9.97. The van der Waals surface area contributed by atoms with Crippen LogP contribution in [-0.4, -0.2) is 38.8 Å². The summed E-state index contributed by atoms with van der Waals surface area (Å²) >= 11 is 0. The van der Waals surface area contributed by atoms with Crippen molar-refractivity contribution in [3.8, 4) is 0 Å². The maximum Gasteiger partial charge on any atom is 0.191 e. The molecule has 1 heterocycles. The van der Waals surface area contributed by atoms with Crippen LogP contribution in [0.4, 0.5) is 0 Å². The summed E-state index contributed by atoms with van der Waals surface area (Å²) in [5.41, 5.74) is 5.52. The Morgan fingerprint density at radius 1 is 1.22 bits per heavy atom. The smallest absolute Gasteiger partial charge is 0.191 e. The number of nitrogens with one attached hydrogen (secondary N) is 2. The fraction of sp³-hybridized carbons (Fsp3) is 0.611. The lowest BCUT2D eigenvalue weighted by Gasteiger charge is -2.16. The SMILES string of the molecule is CN=C(NCCc1c(C)cc(C)cc1C)NCC1CCCO1.I. The lowest BCUT2D eigenvalue weighted by Crippen LogP contribution is -2.41. The highest BCUT2D eigenvalue weighted by atomic mass is 127. The number of hydrogen-bond donors (Lipinski definition) is 2. The number of hydrogen-bond acceptors (Lipinski definition) is 2. The third-order valence-electron chi connectivity index (χ3n) is 4.25. The van der Waals surface area contributed by atoms with Crippen molar-refractivity contribution < 1.29 is 4.74 Å². The van der Waals surface area contributed by atoms with Crippen LogP contribution >= 0.6 is 24.0 Å². The summed E-state index contributed by atoms with van der Waals surface area (Å²) < 4.78 is 5.62. The van der Waals surface area contributed by atoms with Crippen LogP contribution < -0.4 is 10.6 Å². The van der Waals surface area contributed by atoms with E-state index in [0.717, 1.165) is 38.5 Å². The Bertz CT molecular complexity index is 502. The quantitative estimate of drug-likeness (QED) is 0.428. The molecule has 1 aliphatic rings. The van der Waals surface area contributed by atoms with E-state index in [1.807, 2.05) is 7.05 Å². The molecule has 23 heavy (non-hydrogen) atoms. The van der Waals surface area contributed by atoms with Gasteiger partial charge in [-0.25, -0.2) is 0 Å². The molecule has 1 atom stereocenters. The molecule has 0 aromatic heterocycles. The summed E-state index contributed by atoms with van der Waals surface area (Å²) in [5, 5.41) is 6.74. The first-order chi connectivity index (χ1) is 10.6. The van der Waals surface area contributed by atoms with E-state index in [-0.39, 0.29) is 24.0 Å². The molecular formula is C18H30IN3O. The lowest BCUT2D eigenvalue weighted by molar-refractivity contribution is 0.114. The standard InChI is InChI=1S/C18H29N3O.HI/c1-13-10-14(2)17(15(3)11-13)7-8-20-18(19-4)21-12-16-6-5-9-22-16;/h10-11,16H,5-9,12H2,1-4H3,(H2,19,20,21);1H. The van der Waals surface area contributed by atoms with Crippen molar-refractivity contribution in [3.05, 3.63) is 34.4 Å². The van der Waals surface area contributed by atoms with Gasteiger partial charge < -0.3 is 15.4 Å². The molecule has 1 aromatic rings. The molecule has 1 unspecified atom stereocenters. The second kappa shape index (κ2) is 10.1. The van der Waals surface area contributed by atoms with Crippen molar-refractivity contribution >= 4 is 29.9 Å². The Morgan fingerprint density at radius 2 is 1.91 bits per heavy atom. The highest BCUT2D eigenvalue weighted by Crippen LogP contribution is 2.16. The summed E-state index contributed by atoms with van der Waals surface area (Å²) in [6.07, 6.45) is 3.66. The van der Waals surface area contributed by atoms with Crippen molar-refractivity contribution in [1.82, 2.24) is 10.6 Å². The van der Waals surface area contributed by atoms with E-state index in [4.69, 9.17) is 4.74 Å². The molecule has 1 saturated heterocycles. The summed E-state index contributed by atoms with van der Waals surface area (Å²) in [6, 6.07) is 4.51. The number of benzene rings is 1. The summed E-state index contributed by atoms with van der Waals surface area (Å²) in [7, 11) is 1.81. The molecule has 0 amide bonds. The number of halogens is 1. The summed E-state index contributed by atoms with van der Waals surface area (Å²) in [6.45, 7) is 9.15. The number of aliphatic imine (C=N–C) groups is 1. The van der Waals surface area contributed by atoms with Gasteiger partial charge in [-0.15, -0.1) is 24.0 Å². The Kier molecular flexibility index (Phi) is 8.91. The van der Waals surface area contributed by atoms with E-state index in [1.165, 1.54) is 28.7 Å². The first-order valence-electron chi connectivity index (χ1n) is 8.23. The van der Waals surface area contributed by atoms with Gasteiger partial charge in [0.05, 0.1) is 6.10 Å². The maximum absolute atomic E-state index is 5.62. The van der Waals surface area contributed by atoms with Crippen LogP contribution in [0.2, 0.25) is 0 Å². The molecule has 4 nitrogen and oxygen atoms in total. The van der Waals surface area contributed by atoms with Crippen molar-refractivity contribution in [2.75, 3.05) is 26.7 Å². The van der Waals surface area contributed by atoms with E-state index in [2.05, 4.69) is 48.5 Å². The van der Waals surface area contributed by atoms with E-state index in [0.29, 0.717) is 6.10 Å². The molecule has 130 valence electrons. The minimum atomic E-state index is 0. The fourth-order valence-corrected chi connectivity index (χ4v) is 3.15. The molecule has 0 saturated carbocycles. The monoisotopic (exact) mass is 431 g/mol. The fourth-order valence-electron chi connectivity index (χ4n) is 3.15. The number of guanidine groups is 1. The zero-order valence-electron chi connectivity index (χ0n) is 14.7. The Labute approximate surface area is 157 Å². The van der Waals surface area contributed by atoms with E-state index in [9.17, 15) is 0 Å². The first kappa shape index (κ1) is 20.2. The second-order valence-corrected chi connectivity index (χ2v) is 6.14. The third kappa shape index (κ3) is 6.30. The van der Waals surface area contributed by atoms with E-state index >= 15 is 0 Å². The average Bonchev–Trinajstić information content (AvgIpc) is 2.98. The van der Waals surface area contributed by atoms with Gasteiger partial charge in [0.15, 0.2) is 5.96 Å². The third-order valence-corrected chi connectivity index (χ3v) is 4.25. The largest absolute Gasteiger partial charge is 0.376 e. The summed E-state index contributed by atoms with van der Waals surface area (Å²) in [5.74, 6) is 0.859. The predicted molar refractivity (Wildman–Crippen MR) is 108 cm³/mol. The highest BCUT2D eigenvalue weighted by Gasteiger charge is 2.15. The Balaban J connectivity index is 0.00000264. The molecule has 2 rings (SSSR count). The molecule has 0 bridgehead atoms. The number of ether oxygens (including phenoxy) is 1. The predicted octanol–water partition coefficient (Wildman–Crippen LogP) is 3.12. The van der Waals surface area contributed by atoms with Crippen LogP contribution in [0.5, 0.6) is 0 Å². The zero-order chi connectivity index (χ0) is 15.9. The second-order valence-electron chi connectivity index (χ2n) is 6.14. The summed E-state index contributed by atoms with van der Waals surface area (Å²) in [4.78, 5) is 4.28. The molecule has 1 fully saturated rings. The van der Waals surface area contributed by atoms with Crippen LogP contribution in [0.15, 0.2) is 17.1 Å². The van der Waals surface area contributed by atoms with E-state index < -0.39 is 0 Å². The van der Waals surface area contributed by atoms with Gasteiger partial charge in [0.25, 0.3) is 0 Å². The van der Waals surface area contributed by atoms with Gasteiger partial charge in [0, 0.05) is 26.7 Å². The van der Waals surface area contributed by atoms with Crippen LogP contribution in [-0.2, 0) is 11.2 Å². The first-order valence-corrected chi connectivity index (χ1v) is 8.23. The van der Waals surface area contributed by atoms with Gasteiger partial charge >= 0.3 is 0 Å². The number of rotatable bonds is 5. The van der Waals surface area contributed by atoms with Crippen LogP contribution in [0.3, 0.4) is 0 Å². The molecule has 0 spiro atoms. The molecule has 5 heteroatoms. The van der Waals surface area contributed by atoms with Crippen molar-refractivity contribution in [3.63, 3.8) is 0 Å². The van der Waals surface area contributed by atoms with Crippen molar-refractivity contribution in [2.45, 2.75) is 46.1 Å². The zero-order valence-corrected chi connectivity index (χ0v) is 17.1. The molecule has 0 aliphatic carbocycles. The Hall–Kier alpha value is -0.820. The van der Waals surface area contributed by atoms with Crippen molar-refractivity contribution in [1.29, 1.82) is 0 Å². The van der Waals surface area contributed by atoms with Crippen LogP contribution in [0.1, 0.15) is 35.1 Å². The van der Waals surface area contributed by atoms with Gasteiger partial charge in [-0.3, -0.25) is 4.99 Å². The molecule has 1 aromatic carbocycles. The highest BCUT2D eigenvalue weighted by molar-refractivity contribution is 14.0. The van der Waals surface area contributed by atoms with Gasteiger partial charge in [0.1, 0.15) is 0 Å². The van der Waals surface area contributed by atoms with E-state index in [1.54, 1.807) is 0 Å². The maximum atomic E-state index is 5.62. The normalized spacial score (nSPS) is 17.7. The Morgan fingerprint density at radius 3 is 2.48 bits per heavy atom. The van der Waals surface area contributed by atoms with Crippen LogP contribution in [0.25, 0.3) is 0 Å². The van der Waals surface area contributed by atoms with Crippen LogP contribution in [0, 0.1) is 20.8 Å². The minimum Gasteiger partial charge on any atom is -0.376 e. The molecule has 0 radical (unpaired) electrons. The topological polar surface area (TPSA) is 45.7 Å².